The van der Waals surface area contributed by atoms with E-state index in [9.17, 15) is 4.79 Å². The number of carbonyl (C=O) groups excluding carboxylic acids is 1. The number of amides is 1. The SMILES string of the molecule is Cc1cccc(Cl)c1OCc1ccc(C(=O)Nc2cnn(C)c2C)o1. The second kappa shape index (κ2) is 7.03. The van der Waals surface area contributed by atoms with Crippen molar-refractivity contribution in [1.29, 1.82) is 0 Å². The lowest BCUT2D eigenvalue weighted by molar-refractivity contribution is 0.0992. The molecule has 0 aliphatic carbocycles. The molecule has 0 aliphatic rings. The third-order valence-electron chi connectivity index (χ3n) is 3.89. The number of ether oxygens (including phenoxy) is 1. The number of aryl methyl sites for hydroxylation is 2. The lowest BCUT2D eigenvalue weighted by atomic mass is 10.2. The monoisotopic (exact) mass is 359 g/mol. The van der Waals surface area contributed by atoms with E-state index in [2.05, 4.69) is 10.4 Å². The average Bonchev–Trinajstić information content (AvgIpc) is 3.17. The summed E-state index contributed by atoms with van der Waals surface area (Å²) in [5, 5.41) is 7.40. The lowest BCUT2D eigenvalue weighted by Gasteiger charge is -2.09. The zero-order chi connectivity index (χ0) is 18.0. The van der Waals surface area contributed by atoms with Crippen LogP contribution in [-0.2, 0) is 13.7 Å². The van der Waals surface area contributed by atoms with E-state index in [1.54, 1.807) is 29.1 Å². The fourth-order valence-electron chi connectivity index (χ4n) is 2.33. The maximum Gasteiger partial charge on any atom is 0.291 e. The molecule has 0 bridgehead atoms. The molecule has 6 nitrogen and oxygen atoms in total. The molecule has 130 valence electrons. The standard InChI is InChI=1S/C18H18ClN3O3/c1-11-5-4-6-14(19)17(11)24-10-13-7-8-16(25-13)18(23)21-15-9-20-22(3)12(15)2/h4-9H,10H2,1-3H3,(H,21,23). The van der Waals surface area contributed by atoms with Crippen molar-refractivity contribution in [2.75, 3.05) is 5.32 Å². The van der Waals surface area contributed by atoms with Gasteiger partial charge < -0.3 is 14.5 Å². The Balaban J connectivity index is 1.66. The summed E-state index contributed by atoms with van der Waals surface area (Å²) in [5.41, 5.74) is 2.44. The van der Waals surface area contributed by atoms with Crippen LogP contribution in [-0.4, -0.2) is 15.7 Å². The molecule has 2 heterocycles. The number of aromatic nitrogens is 2. The largest absolute Gasteiger partial charge is 0.484 e. The highest BCUT2D eigenvalue weighted by Gasteiger charge is 2.15. The first-order valence-corrected chi connectivity index (χ1v) is 8.10. The maximum absolute atomic E-state index is 12.3. The van der Waals surface area contributed by atoms with Crippen molar-refractivity contribution in [3.05, 3.63) is 64.3 Å². The molecule has 25 heavy (non-hydrogen) atoms. The van der Waals surface area contributed by atoms with Gasteiger partial charge >= 0.3 is 0 Å². The van der Waals surface area contributed by atoms with Gasteiger partial charge in [-0.1, -0.05) is 23.7 Å². The van der Waals surface area contributed by atoms with Gasteiger partial charge in [-0.25, -0.2) is 0 Å². The van der Waals surface area contributed by atoms with Crippen LogP contribution < -0.4 is 10.1 Å². The van der Waals surface area contributed by atoms with Crippen molar-refractivity contribution in [1.82, 2.24) is 9.78 Å². The van der Waals surface area contributed by atoms with E-state index in [1.807, 2.05) is 33.0 Å². The minimum absolute atomic E-state index is 0.184. The highest BCUT2D eigenvalue weighted by Crippen LogP contribution is 2.28. The van der Waals surface area contributed by atoms with E-state index < -0.39 is 0 Å². The van der Waals surface area contributed by atoms with Gasteiger partial charge in [-0.2, -0.15) is 5.10 Å². The molecule has 0 spiro atoms. The molecule has 0 radical (unpaired) electrons. The highest BCUT2D eigenvalue weighted by atomic mass is 35.5. The number of hydrogen-bond donors (Lipinski definition) is 1. The Labute approximate surface area is 150 Å². The molecular weight excluding hydrogens is 342 g/mol. The van der Waals surface area contributed by atoms with Gasteiger partial charge in [0.25, 0.3) is 5.91 Å². The summed E-state index contributed by atoms with van der Waals surface area (Å²) in [6.07, 6.45) is 1.60. The molecule has 1 aromatic carbocycles. The predicted molar refractivity (Wildman–Crippen MR) is 95.1 cm³/mol. The zero-order valence-electron chi connectivity index (χ0n) is 14.2. The van der Waals surface area contributed by atoms with Gasteiger partial charge in [-0.3, -0.25) is 9.48 Å². The van der Waals surface area contributed by atoms with Crippen molar-refractivity contribution in [3.63, 3.8) is 0 Å². The molecule has 7 heteroatoms. The molecule has 1 N–H and O–H groups in total. The van der Waals surface area contributed by atoms with Crippen molar-refractivity contribution >= 4 is 23.2 Å². The first-order chi connectivity index (χ1) is 12.0. The van der Waals surface area contributed by atoms with Crippen LogP contribution in [0.5, 0.6) is 5.75 Å². The van der Waals surface area contributed by atoms with E-state index in [0.29, 0.717) is 22.2 Å². The smallest absolute Gasteiger partial charge is 0.291 e. The van der Waals surface area contributed by atoms with E-state index in [4.69, 9.17) is 20.8 Å². The summed E-state index contributed by atoms with van der Waals surface area (Å²) in [6, 6.07) is 8.86. The molecule has 0 fully saturated rings. The Morgan fingerprint density at radius 3 is 2.80 bits per heavy atom. The maximum atomic E-state index is 12.3. The number of carbonyl (C=O) groups is 1. The molecule has 2 aromatic heterocycles. The molecule has 0 atom stereocenters. The minimum Gasteiger partial charge on any atom is -0.484 e. The summed E-state index contributed by atoms with van der Waals surface area (Å²) in [7, 11) is 1.81. The first kappa shape index (κ1) is 17.1. The van der Waals surface area contributed by atoms with Crippen LogP contribution in [0, 0.1) is 13.8 Å². The van der Waals surface area contributed by atoms with E-state index >= 15 is 0 Å². The lowest BCUT2D eigenvalue weighted by Crippen LogP contribution is -2.11. The van der Waals surface area contributed by atoms with Crippen LogP contribution in [0.3, 0.4) is 0 Å². The molecule has 3 aromatic rings. The van der Waals surface area contributed by atoms with Crippen LogP contribution in [0.15, 0.2) is 40.9 Å². The fourth-order valence-corrected chi connectivity index (χ4v) is 2.60. The van der Waals surface area contributed by atoms with Crippen LogP contribution in [0.25, 0.3) is 0 Å². The van der Waals surface area contributed by atoms with Gasteiger partial charge in [0.15, 0.2) is 5.76 Å². The van der Waals surface area contributed by atoms with Gasteiger partial charge in [-0.15, -0.1) is 0 Å². The molecule has 3 rings (SSSR count). The Bertz CT molecular complexity index is 894. The second-order valence-electron chi connectivity index (χ2n) is 5.66. The molecule has 1 amide bonds. The third-order valence-corrected chi connectivity index (χ3v) is 4.19. The van der Waals surface area contributed by atoms with Crippen molar-refractivity contribution in [3.8, 4) is 5.75 Å². The number of furan rings is 1. The number of nitrogens with one attached hydrogen (secondary N) is 1. The van der Waals surface area contributed by atoms with E-state index in [0.717, 1.165) is 11.3 Å². The molecule has 0 saturated heterocycles. The van der Waals surface area contributed by atoms with Gasteiger partial charge in [0.05, 0.1) is 22.6 Å². The van der Waals surface area contributed by atoms with Gasteiger partial charge in [-0.05, 0) is 37.6 Å². The number of rotatable bonds is 5. The minimum atomic E-state index is -0.337. The van der Waals surface area contributed by atoms with Crippen LogP contribution >= 0.6 is 11.6 Å². The normalized spacial score (nSPS) is 10.7. The average molecular weight is 360 g/mol. The Morgan fingerprint density at radius 1 is 1.32 bits per heavy atom. The number of hydrogen-bond acceptors (Lipinski definition) is 4. The number of para-hydroxylation sites is 1. The van der Waals surface area contributed by atoms with Gasteiger partial charge in [0.2, 0.25) is 0 Å². The predicted octanol–water partition coefficient (Wildman–Crippen LogP) is 4.11. The van der Waals surface area contributed by atoms with Crippen LogP contribution in [0.1, 0.15) is 27.6 Å². The molecular formula is C18H18ClN3O3. The Hall–Kier alpha value is -2.73. The van der Waals surface area contributed by atoms with Crippen LogP contribution in [0.4, 0.5) is 5.69 Å². The molecule has 0 saturated carbocycles. The number of benzene rings is 1. The quantitative estimate of drug-likeness (QED) is 0.744. The summed E-state index contributed by atoms with van der Waals surface area (Å²) < 4.78 is 13.0. The number of nitrogens with zero attached hydrogens (tertiary/aromatic N) is 2. The van der Waals surface area contributed by atoms with Crippen molar-refractivity contribution < 1.29 is 13.9 Å². The topological polar surface area (TPSA) is 69.3 Å². The summed E-state index contributed by atoms with van der Waals surface area (Å²) >= 11 is 6.13. The Kier molecular flexibility index (Phi) is 4.81. The zero-order valence-corrected chi connectivity index (χ0v) is 14.9. The highest BCUT2D eigenvalue weighted by molar-refractivity contribution is 6.32. The fraction of sp³-hybridized carbons (Fsp3) is 0.222. The van der Waals surface area contributed by atoms with Crippen LogP contribution in [0.2, 0.25) is 5.02 Å². The van der Waals surface area contributed by atoms with E-state index in [-0.39, 0.29) is 18.3 Å². The second-order valence-corrected chi connectivity index (χ2v) is 6.07. The van der Waals surface area contributed by atoms with Gasteiger partial charge in [0, 0.05) is 7.05 Å². The first-order valence-electron chi connectivity index (χ1n) is 7.72. The molecule has 0 unspecified atom stereocenters. The molecule has 0 aliphatic heterocycles. The van der Waals surface area contributed by atoms with Crippen molar-refractivity contribution in [2.45, 2.75) is 20.5 Å². The van der Waals surface area contributed by atoms with Gasteiger partial charge in [0.1, 0.15) is 18.1 Å². The summed E-state index contributed by atoms with van der Waals surface area (Å²) in [4.78, 5) is 12.3. The summed E-state index contributed by atoms with van der Waals surface area (Å²) in [5.74, 6) is 1.01. The van der Waals surface area contributed by atoms with Crippen molar-refractivity contribution in [2.24, 2.45) is 7.05 Å². The van der Waals surface area contributed by atoms with E-state index in [1.165, 1.54) is 0 Å². The number of anilines is 1. The third kappa shape index (κ3) is 3.69. The number of halogens is 1. The Morgan fingerprint density at radius 2 is 2.12 bits per heavy atom. The summed E-state index contributed by atoms with van der Waals surface area (Å²) in [6.45, 7) is 3.97.